The molecular weight excluding hydrogens is 515 g/mol. The molecule has 0 aliphatic carbocycles. The van der Waals surface area contributed by atoms with Gasteiger partial charge in [-0.1, -0.05) is 35.3 Å². The van der Waals surface area contributed by atoms with Crippen LogP contribution in [0.1, 0.15) is 31.7 Å². The molecule has 2 aliphatic rings. The smallest absolute Gasteiger partial charge is 0.408 e. The fraction of sp³-hybridized carbons (Fsp3) is 0.481. The van der Waals surface area contributed by atoms with Crippen LogP contribution in [0.3, 0.4) is 0 Å². The second-order valence-electron chi connectivity index (χ2n) is 9.27. The van der Waals surface area contributed by atoms with Gasteiger partial charge in [-0.3, -0.25) is 14.6 Å². The standard InChI is InChI=1S/C27H34Cl2N4O4/c1-19(37-27(35)30-2)33-24-18-21(10-8-20(24)9-11-25(33)34)36-17-4-3-12-31-13-15-32(16-14-31)23-7-5-6-22(28)26(23)29/h5-8,10,18-19H,3-4,9,11-17H2,1-2H3,(H,30,35). The van der Waals surface area contributed by atoms with Crippen LogP contribution in [-0.4, -0.2) is 69.5 Å². The molecule has 37 heavy (non-hydrogen) atoms. The third-order valence-corrected chi connectivity index (χ3v) is 7.63. The van der Waals surface area contributed by atoms with E-state index >= 15 is 0 Å². The number of unbranched alkanes of at least 4 members (excludes halogenated alkanes) is 1. The first-order chi connectivity index (χ1) is 17.9. The number of benzene rings is 2. The lowest BCUT2D eigenvalue weighted by atomic mass is 10.0. The van der Waals surface area contributed by atoms with Crippen molar-refractivity contribution >= 4 is 46.6 Å². The van der Waals surface area contributed by atoms with E-state index in [0.717, 1.165) is 62.5 Å². The molecule has 200 valence electrons. The van der Waals surface area contributed by atoms with Crippen molar-refractivity contribution in [1.82, 2.24) is 10.2 Å². The Labute approximate surface area is 228 Å². The number of rotatable bonds is 9. The number of piperazine rings is 1. The van der Waals surface area contributed by atoms with Gasteiger partial charge in [-0.05, 0) is 56.5 Å². The number of hydrogen-bond acceptors (Lipinski definition) is 6. The highest BCUT2D eigenvalue weighted by Crippen LogP contribution is 2.34. The number of halogens is 2. The van der Waals surface area contributed by atoms with E-state index in [2.05, 4.69) is 15.1 Å². The molecule has 0 spiro atoms. The van der Waals surface area contributed by atoms with Gasteiger partial charge in [0.05, 0.1) is 28.0 Å². The van der Waals surface area contributed by atoms with Gasteiger partial charge in [0.2, 0.25) is 5.91 Å². The largest absolute Gasteiger partial charge is 0.494 e. The van der Waals surface area contributed by atoms with Crippen LogP contribution >= 0.6 is 23.2 Å². The molecule has 0 radical (unpaired) electrons. The second kappa shape index (κ2) is 12.7. The van der Waals surface area contributed by atoms with Crippen molar-refractivity contribution < 1.29 is 19.1 Å². The molecule has 2 amide bonds. The van der Waals surface area contributed by atoms with Crippen molar-refractivity contribution in [1.29, 1.82) is 0 Å². The van der Waals surface area contributed by atoms with E-state index in [4.69, 9.17) is 32.7 Å². The molecule has 1 atom stereocenters. The zero-order chi connectivity index (χ0) is 26.4. The summed E-state index contributed by atoms with van der Waals surface area (Å²) >= 11 is 12.6. The Hall–Kier alpha value is -2.68. The summed E-state index contributed by atoms with van der Waals surface area (Å²) in [5, 5.41) is 3.64. The van der Waals surface area contributed by atoms with E-state index in [-0.39, 0.29) is 5.91 Å². The maximum Gasteiger partial charge on any atom is 0.408 e. The zero-order valence-electron chi connectivity index (χ0n) is 21.3. The monoisotopic (exact) mass is 548 g/mol. The summed E-state index contributed by atoms with van der Waals surface area (Å²) < 4.78 is 11.3. The molecule has 2 heterocycles. The van der Waals surface area contributed by atoms with Crippen LogP contribution in [0.4, 0.5) is 16.2 Å². The van der Waals surface area contributed by atoms with Gasteiger partial charge in [-0.25, -0.2) is 4.79 Å². The second-order valence-corrected chi connectivity index (χ2v) is 10.1. The molecule has 1 unspecified atom stereocenters. The molecule has 1 N–H and O–H groups in total. The fourth-order valence-electron chi connectivity index (χ4n) is 4.81. The highest BCUT2D eigenvalue weighted by atomic mass is 35.5. The van der Waals surface area contributed by atoms with Gasteiger partial charge in [0.25, 0.3) is 0 Å². The summed E-state index contributed by atoms with van der Waals surface area (Å²) in [7, 11) is 1.49. The van der Waals surface area contributed by atoms with Crippen molar-refractivity contribution in [2.45, 2.75) is 38.8 Å². The average Bonchev–Trinajstić information content (AvgIpc) is 2.90. The van der Waals surface area contributed by atoms with E-state index in [9.17, 15) is 9.59 Å². The maximum absolute atomic E-state index is 12.6. The number of ether oxygens (including phenoxy) is 2. The lowest BCUT2D eigenvalue weighted by Crippen LogP contribution is -2.46. The molecule has 0 bridgehead atoms. The molecule has 0 aromatic heterocycles. The van der Waals surface area contributed by atoms with Crippen LogP contribution in [0.25, 0.3) is 0 Å². The van der Waals surface area contributed by atoms with Crippen LogP contribution in [0.2, 0.25) is 10.0 Å². The minimum Gasteiger partial charge on any atom is -0.494 e. The van der Waals surface area contributed by atoms with Gasteiger partial charge in [0.15, 0.2) is 6.23 Å². The van der Waals surface area contributed by atoms with Gasteiger partial charge in [0, 0.05) is 45.7 Å². The van der Waals surface area contributed by atoms with Crippen molar-refractivity contribution in [3.05, 3.63) is 52.0 Å². The third-order valence-electron chi connectivity index (χ3n) is 6.82. The molecule has 4 rings (SSSR count). The first-order valence-electron chi connectivity index (χ1n) is 12.7. The summed E-state index contributed by atoms with van der Waals surface area (Å²) in [6.07, 6.45) is 1.72. The Morgan fingerprint density at radius 1 is 1.05 bits per heavy atom. The SMILES string of the molecule is CNC(=O)OC(C)N1C(=O)CCc2ccc(OCCCCN3CCN(c4cccc(Cl)c4Cl)CC3)cc21. The summed E-state index contributed by atoms with van der Waals surface area (Å²) in [5.41, 5.74) is 2.78. The Morgan fingerprint density at radius 3 is 2.59 bits per heavy atom. The fourth-order valence-corrected chi connectivity index (χ4v) is 5.22. The molecular formula is C27H34Cl2N4O4. The molecule has 2 aliphatic heterocycles. The summed E-state index contributed by atoms with van der Waals surface area (Å²) in [4.78, 5) is 30.6. The molecule has 8 nitrogen and oxygen atoms in total. The van der Waals surface area contributed by atoms with E-state index in [0.29, 0.717) is 35.2 Å². The average molecular weight is 549 g/mol. The highest BCUT2D eigenvalue weighted by Gasteiger charge is 2.30. The third kappa shape index (κ3) is 6.80. The maximum atomic E-state index is 12.6. The van der Waals surface area contributed by atoms with E-state index in [1.165, 1.54) is 11.9 Å². The summed E-state index contributed by atoms with van der Waals surface area (Å²) in [5.74, 6) is 0.636. The van der Waals surface area contributed by atoms with Gasteiger partial charge >= 0.3 is 6.09 Å². The number of carbonyl (C=O) groups is 2. The molecule has 1 saturated heterocycles. The molecule has 10 heteroatoms. The van der Waals surface area contributed by atoms with Crippen molar-refractivity contribution in [2.75, 3.05) is 56.2 Å². The quantitative estimate of drug-likeness (QED) is 0.446. The minimum atomic E-state index is -0.711. The van der Waals surface area contributed by atoms with Gasteiger partial charge < -0.3 is 19.7 Å². The predicted octanol–water partition coefficient (Wildman–Crippen LogP) is 4.96. The normalized spacial score (nSPS) is 16.8. The first kappa shape index (κ1) is 27.4. The number of nitrogens with one attached hydrogen (secondary N) is 1. The number of anilines is 2. The number of alkyl carbamates (subject to hydrolysis) is 1. The Kier molecular flexibility index (Phi) is 9.40. The molecule has 1 fully saturated rings. The van der Waals surface area contributed by atoms with Gasteiger partial charge in [0.1, 0.15) is 5.75 Å². The van der Waals surface area contributed by atoms with E-state index in [1.807, 2.05) is 36.4 Å². The number of hydrogen-bond donors (Lipinski definition) is 1. The van der Waals surface area contributed by atoms with Crippen LogP contribution in [0.5, 0.6) is 5.75 Å². The zero-order valence-corrected chi connectivity index (χ0v) is 22.9. The molecule has 0 saturated carbocycles. The Bertz CT molecular complexity index is 1110. The Balaban J connectivity index is 1.22. The van der Waals surface area contributed by atoms with Crippen molar-refractivity contribution in [3.63, 3.8) is 0 Å². The van der Waals surface area contributed by atoms with Crippen LogP contribution in [-0.2, 0) is 16.0 Å². The molecule has 2 aromatic carbocycles. The van der Waals surface area contributed by atoms with E-state index < -0.39 is 12.3 Å². The Morgan fingerprint density at radius 2 is 1.84 bits per heavy atom. The van der Waals surface area contributed by atoms with Gasteiger partial charge in [-0.2, -0.15) is 0 Å². The highest BCUT2D eigenvalue weighted by molar-refractivity contribution is 6.43. The van der Waals surface area contributed by atoms with E-state index in [1.54, 1.807) is 6.92 Å². The number of carbonyl (C=O) groups excluding carboxylic acids is 2. The number of nitrogens with zero attached hydrogens (tertiary/aromatic N) is 3. The topological polar surface area (TPSA) is 74.3 Å². The summed E-state index contributed by atoms with van der Waals surface area (Å²) in [6.45, 7) is 7.10. The number of aryl methyl sites for hydroxylation is 1. The summed E-state index contributed by atoms with van der Waals surface area (Å²) in [6, 6.07) is 11.6. The van der Waals surface area contributed by atoms with Crippen molar-refractivity contribution in [3.8, 4) is 5.75 Å². The van der Waals surface area contributed by atoms with Crippen LogP contribution in [0.15, 0.2) is 36.4 Å². The lowest BCUT2D eigenvalue weighted by molar-refractivity contribution is -0.120. The first-order valence-corrected chi connectivity index (χ1v) is 13.5. The van der Waals surface area contributed by atoms with Crippen molar-refractivity contribution in [2.24, 2.45) is 0 Å². The number of fused-ring (bicyclic) bond motifs is 1. The number of amides is 2. The predicted molar refractivity (Wildman–Crippen MR) is 147 cm³/mol. The van der Waals surface area contributed by atoms with Crippen LogP contribution in [0, 0.1) is 0 Å². The van der Waals surface area contributed by atoms with Gasteiger partial charge in [-0.15, -0.1) is 0 Å². The van der Waals surface area contributed by atoms with Crippen LogP contribution < -0.4 is 19.9 Å². The lowest BCUT2D eigenvalue weighted by Gasteiger charge is -2.36. The minimum absolute atomic E-state index is 0.0706. The molecule has 2 aromatic rings.